The normalized spacial score (nSPS) is 29.0. The predicted octanol–water partition coefficient (Wildman–Crippen LogP) is -0.279. The molecule has 0 bridgehead atoms. The van der Waals surface area contributed by atoms with Crippen molar-refractivity contribution in [3.8, 4) is 0 Å². The lowest BCUT2D eigenvalue weighted by molar-refractivity contribution is 0.0856. The summed E-state index contributed by atoms with van der Waals surface area (Å²) in [7, 11) is 4.14. The maximum absolute atomic E-state index is 9.74. The van der Waals surface area contributed by atoms with Crippen LogP contribution < -0.4 is 5.73 Å². The predicted molar refractivity (Wildman–Crippen MR) is 62.8 cm³/mol. The highest BCUT2D eigenvalue weighted by Crippen LogP contribution is 2.26. The van der Waals surface area contributed by atoms with Crippen LogP contribution in [-0.2, 0) is 0 Å². The number of nitrogens with two attached hydrogens (primary N) is 1. The van der Waals surface area contributed by atoms with Crippen LogP contribution in [0.1, 0.15) is 20.3 Å². The van der Waals surface area contributed by atoms with Gasteiger partial charge in [0.05, 0.1) is 6.10 Å². The van der Waals surface area contributed by atoms with Gasteiger partial charge >= 0.3 is 0 Å². The van der Waals surface area contributed by atoms with Gasteiger partial charge < -0.3 is 15.7 Å². The maximum atomic E-state index is 9.74. The lowest BCUT2D eigenvalue weighted by Crippen LogP contribution is -2.53. The van der Waals surface area contributed by atoms with E-state index in [-0.39, 0.29) is 11.6 Å². The molecule has 0 amide bonds. The fraction of sp³-hybridized carbons (Fsp3) is 1.00. The highest BCUT2D eigenvalue weighted by atomic mass is 16.3. The lowest BCUT2D eigenvalue weighted by atomic mass is 10.0. The number of aliphatic hydroxyl groups is 1. The largest absolute Gasteiger partial charge is 0.392 e. The Kier molecular flexibility index (Phi) is 4.12. The molecule has 4 nitrogen and oxygen atoms in total. The molecule has 15 heavy (non-hydrogen) atoms. The number of aliphatic hydroxyl groups excluding tert-OH is 1. The molecular weight excluding hydrogens is 190 g/mol. The van der Waals surface area contributed by atoms with Crippen LogP contribution in [0.25, 0.3) is 0 Å². The van der Waals surface area contributed by atoms with E-state index < -0.39 is 0 Å². The van der Waals surface area contributed by atoms with Crippen molar-refractivity contribution >= 4 is 0 Å². The fourth-order valence-electron chi connectivity index (χ4n) is 2.35. The Morgan fingerprint density at radius 2 is 2.07 bits per heavy atom. The number of likely N-dealkylation sites (tertiary alicyclic amines) is 1. The van der Waals surface area contributed by atoms with Crippen molar-refractivity contribution in [3.05, 3.63) is 0 Å². The van der Waals surface area contributed by atoms with Gasteiger partial charge in [-0.1, -0.05) is 0 Å². The van der Waals surface area contributed by atoms with Gasteiger partial charge in [-0.2, -0.15) is 0 Å². The molecule has 0 aromatic carbocycles. The molecule has 1 fully saturated rings. The summed E-state index contributed by atoms with van der Waals surface area (Å²) in [5.74, 6) is 0. The molecule has 0 aromatic heterocycles. The van der Waals surface area contributed by atoms with Crippen molar-refractivity contribution in [1.82, 2.24) is 9.80 Å². The molecule has 2 unspecified atom stereocenters. The van der Waals surface area contributed by atoms with Crippen LogP contribution in [0.3, 0.4) is 0 Å². The minimum atomic E-state index is -0.194. The average molecular weight is 215 g/mol. The van der Waals surface area contributed by atoms with E-state index in [2.05, 4.69) is 37.7 Å². The highest BCUT2D eigenvalue weighted by Gasteiger charge is 2.39. The van der Waals surface area contributed by atoms with Crippen LogP contribution in [0.15, 0.2) is 0 Å². The zero-order chi connectivity index (χ0) is 11.6. The van der Waals surface area contributed by atoms with Gasteiger partial charge in [-0.05, 0) is 34.4 Å². The van der Waals surface area contributed by atoms with Gasteiger partial charge in [0.2, 0.25) is 0 Å². The first-order valence-electron chi connectivity index (χ1n) is 5.66. The van der Waals surface area contributed by atoms with E-state index >= 15 is 0 Å². The van der Waals surface area contributed by atoms with Crippen molar-refractivity contribution < 1.29 is 5.11 Å². The first-order valence-corrected chi connectivity index (χ1v) is 5.66. The van der Waals surface area contributed by atoms with E-state index in [1.165, 1.54) is 0 Å². The minimum Gasteiger partial charge on any atom is -0.392 e. The van der Waals surface area contributed by atoms with E-state index in [1.54, 1.807) is 0 Å². The smallest absolute Gasteiger partial charge is 0.0682 e. The van der Waals surface area contributed by atoms with Crippen LogP contribution in [0.5, 0.6) is 0 Å². The standard InChI is InChI=1S/C11H25N3O/c1-11(2,8-12)14-7-10(15)5-9(14)6-13(3)4/h9-10,15H,5-8,12H2,1-4H3. The lowest BCUT2D eigenvalue weighted by Gasteiger charge is -2.39. The first kappa shape index (κ1) is 12.9. The van der Waals surface area contributed by atoms with Crippen LogP contribution in [-0.4, -0.2) is 66.3 Å². The molecule has 1 saturated heterocycles. The summed E-state index contributed by atoms with van der Waals surface area (Å²) in [6.07, 6.45) is 0.669. The number of hydrogen-bond donors (Lipinski definition) is 2. The molecule has 90 valence electrons. The van der Waals surface area contributed by atoms with Crippen molar-refractivity contribution in [2.75, 3.05) is 33.7 Å². The van der Waals surface area contributed by atoms with E-state index in [0.29, 0.717) is 12.6 Å². The summed E-state index contributed by atoms with van der Waals surface area (Å²) in [4.78, 5) is 4.51. The monoisotopic (exact) mass is 215 g/mol. The Bertz CT molecular complexity index is 206. The van der Waals surface area contributed by atoms with Crippen LogP contribution in [0.4, 0.5) is 0 Å². The third-order valence-electron chi connectivity index (χ3n) is 3.25. The summed E-state index contributed by atoms with van der Waals surface area (Å²) >= 11 is 0. The van der Waals surface area contributed by atoms with Gasteiger partial charge in [0.1, 0.15) is 0 Å². The molecule has 0 aliphatic carbocycles. The van der Waals surface area contributed by atoms with Gasteiger partial charge in [-0.25, -0.2) is 0 Å². The molecule has 2 atom stereocenters. The fourth-order valence-corrected chi connectivity index (χ4v) is 2.35. The van der Waals surface area contributed by atoms with E-state index in [9.17, 15) is 5.11 Å². The summed E-state index contributed by atoms with van der Waals surface area (Å²) in [6.45, 7) is 6.66. The molecule has 0 radical (unpaired) electrons. The quantitative estimate of drug-likeness (QED) is 0.677. The third kappa shape index (κ3) is 3.14. The second kappa shape index (κ2) is 4.78. The Morgan fingerprint density at radius 3 is 2.53 bits per heavy atom. The topological polar surface area (TPSA) is 52.7 Å². The second-order valence-corrected chi connectivity index (χ2v) is 5.47. The zero-order valence-corrected chi connectivity index (χ0v) is 10.4. The van der Waals surface area contributed by atoms with E-state index in [4.69, 9.17) is 5.73 Å². The number of β-amino-alcohol motifs (C(OH)–C–C–N with tert-alkyl or cyclic N) is 1. The number of hydrogen-bond acceptors (Lipinski definition) is 4. The van der Waals surface area contributed by atoms with Gasteiger partial charge in [-0.3, -0.25) is 4.90 Å². The Hall–Kier alpha value is -0.160. The summed E-state index contributed by atoms with van der Waals surface area (Å²) in [5, 5.41) is 9.74. The third-order valence-corrected chi connectivity index (χ3v) is 3.25. The molecule has 0 aromatic rings. The van der Waals surface area contributed by atoms with Gasteiger partial charge in [0.25, 0.3) is 0 Å². The molecule has 1 aliphatic heterocycles. The highest BCUT2D eigenvalue weighted by molar-refractivity contribution is 4.95. The minimum absolute atomic E-state index is 0.0157. The number of rotatable bonds is 4. The SMILES string of the molecule is CN(C)CC1CC(O)CN1C(C)(C)CN. The summed E-state index contributed by atoms with van der Waals surface area (Å²) < 4.78 is 0. The van der Waals surface area contributed by atoms with Crippen molar-refractivity contribution in [2.24, 2.45) is 5.73 Å². The summed E-state index contributed by atoms with van der Waals surface area (Å²) in [6, 6.07) is 0.425. The molecule has 1 aliphatic rings. The molecule has 3 N–H and O–H groups in total. The zero-order valence-electron chi connectivity index (χ0n) is 10.4. The van der Waals surface area contributed by atoms with Crippen molar-refractivity contribution in [3.63, 3.8) is 0 Å². The molecule has 0 saturated carbocycles. The van der Waals surface area contributed by atoms with Crippen molar-refractivity contribution in [1.29, 1.82) is 0 Å². The number of likely N-dealkylation sites (N-methyl/N-ethyl adjacent to an activating group) is 1. The van der Waals surface area contributed by atoms with Crippen LogP contribution in [0, 0.1) is 0 Å². The Morgan fingerprint density at radius 1 is 1.47 bits per heavy atom. The molecular formula is C11H25N3O. The Balaban J connectivity index is 2.68. The van der Waals surface area contributed by atoms with Crippen LogP contribution in [0.2, 0.25) is 0 Å². The number of nitrogens with zero attached hydrogens (tertiary/aromatic N) is 2. The maximum Gasteiger partial charge on any atom is 0.0682 e. The van der Waals surface area contributed by atoms with E-state index in [1.807, 2.05) is 0 Å². The van der Waals surface area contributed by atoms with E-state index in [0.717, 1.165) is 19.5 Å². The molecule has 1 heterocycles. The van der Waals surface area contributed by atoms with Gasteiger partial charge in [0.15, 0.2) is 0 Å². The van der Waals surface area contributed by atoms with Gasteiger partial charge in [-0.15, -0.1) is 0 Å². The van der Waals surface area contributed by atoms with Gasteiger partial charge in [0, 0.05) is 31.2 Å². The molecule has 0 spiro atoms. The first-order chi connectivity index (χ1) is 6.86. The second-order valence-electron chi connectivity index (χ2n) is 5.47. The molecule has 4 heteroatoms. The van der Waals surface area contributed by atoms with Crippen molar-refractivity contribution in [2.45, 2.75) is 38.0 Å². The molecule has 1 rings (SSSR count). The Labute approximate surface area is 93.0 Å². The van der Waals surface area contributed by atoms with Crippen LogP contribution >= 0.6 is 0 Å². The summed E-state index contributed by atoms with van der Waals surface area (Å²) in [5.41, 5.74) is 5.77. The average Bonchev–Trinajstić information content (AvgIpc) is 2.46.